The van der Waals surface area contributed by atoms with E-state index in [2.05, 4.69) is 10.2 Å². The van der Waals surface area contributed by atoms with Crippen molar-refractivity contribution in [1.29, 1.82) is 0 Å². The summed E-state index contributed by atoms with van der Waals surface area (Å²) >= 11 is 5.50. The highest BCUT2D eigenvalue weighted by atomic mass is 35.5. The monoisotopic (exact) mass is 171 g/mol. The van der Waals surface area contributed by atoms with E-state index in [9.17, 15) is 4.39 Å². The first-order valence-corrected chi connectivity index (χ1v) is 3.91. The summed E-state index contributed by atoms with van der Waals surface area (Å²) in [6.45, 7) is 0. The fourth-order valence-electron chi connectivity index (χ4n) is 0.685. The summed E-state index contributed by atoms with van der Waals surface area (Å²) in [5, 5.41) is 0.177. The molecule has 1 rings (SSSR count). The summed E-state index contributed by atoms with van der Waals surface area (Å²) < 4.78 is 12.8. The summed E-state index contributed by atoms with van der Waals surface area (Å²) in [5.74, 6) is -0.334. The number of hydrogen-bond acceptors (Lipinski definition) is 0. The summed E-state index contributed by atoms with van der Waals surface area (Å²) in [7, 11) is 3.19. The first-order valence-electron chi connectivity index (χ1n) is 2.83. The lowest BCUT2D eigenvalue weighted by Gasteiger charge is -1.98. The molecule has 0 aliphatic heterocycles. The topological polar surface area (TPSA) is 0 Å². The van der Waals surface area contributed by atoms with Crippen LogP contribution in [0.25, 0.3) is 0 Å². The Labute approximate surface area is 67.4 Å². The van der Waals surface area contributed by atoms with Gasteiger partial charge in [0, 0.05) is 10.2 Å². The molecule has 0 saturated heterocycles. The largest absolute Gasteiger partial charge is 0.205 e. The van der Waals surface area contributed by atoms with Gasteiger partial charge >= 0.3 is 0 Å². The van der Waals surface area contributed by atoms with Gasteiger partial charge in [-0.15, -0.1) is 0 Å². The van der Waals surface area contributed by atoms with Crippen LogP contribution in [0.4, 0.5) is 4.39 Å². The Bertz CT molecular complexity index is 237. The van der Waals surface area contributed by atoms with Crippen LogP contribution in [0.1, 0.15) is 5.56 Å². The predicted octanol–water partition coefficient (Wildman–Crippen LogP) is 2.15. The van der Waals surface area contributed by atoms with Gasteiger partial charge in [0.25, 0.3) is 0 Å². The molecule has 3 radical (unpaired) electrons. The average Bonchev–Trinajstić information content (AvgIpc) is 1.95. The molecular weight excluding hydrogens is 167 g/mol. The molecule has 0 aliphatic carbocycles. The van der Waals surface area contributed by atoms with Crippen LogP contribution in [0.15, 0.2) is 18.2 Å². The summed E-state index contributed by atoms with van der Waals surface area (Å²) in [6, 6.07) is 5.43. The minimum atomic E-state index is -0.334. The maximum atomic E-state index is 12.8. The number of rotatable bonds is 1. The minimum Gasteiger partial charge on any atom is -0.205 e. The zero-order valence-electron chi connectivity index (χ0n) is 5.20. The van der Waals surface area contributed by atoms with Crippen molar-refractivity contribution in [3.8, 4) is 0 Å². The predicted molar refractivity (Wildman–Crippen MR) is 40.9 cm³/mol. The van der Waals surface area contributed by atoms with Crippen LogP contribution in [0.5, 0.6) is 0 Å². The number of benzene rings is 1. The standard InChI is InChI=1S/C7H5ClFSi/c8-6-3-1-2-5(4-10)7(6)9/h1-3H,4H2. The zero-order valence-corrected chi connectivity index (χ0v) is 6.95. The smallest absolute Gasteiger partial charge is 0.144 e. The third-order valence-electron chi connectivity index (χ3n) is 1.22. The van der Waals surface area contributed by atoms with Crippen LogP contribution in [0.2, 0.25) is 5.02 Å². The molecule has 0 atom stereocenters. The van der Waals surface area contributed by atoms with Crippen LogP contribution in [-0.4, -0.2) is 10.2 Å². The van der Waals surface area contributed by atoms with Crippen molar-refractivity contribution in [2.45, 2.75) is 6.04 Å². The molecule has 0 saturated carbocycles. The highest BCUT2D eigenvalue weighted by Crippen LogP contribution is 2.17. The molecule has 0 bridgehead atoms. The van der Waals surface area contributed by atoms with Crippen molar-refractivity contribution < 1.29 is 4.39 Å². The quantitative estimate of drug-likeness (QED) is 0.568. The van der Waals surface area contributed by atoms with Gasteiger partial charge in [0.1, 0.15) is 5.82 Å². The lowest BCUT2D eigenvalue weighted by molar-refractivity contribution is 0.617. The summed E-state index contributed by atoms with van der Waals surface area (Å²) in [4.78, 5) is 0. The van der Waals surface area contributed by atoms with Gasteiger partial charge in [-0.2, -0.15) is 0 Å². The maximum absolute atomic E-state index is 12.8. The van der Waals surface area contributed by atoms with Gasteiger partial charge in [0.15, 0.2) is 0 Å². The molecule has 0 aromatic heterocycles. The Kier molecular flexibility index (Phi) is 2.46. The molecule has 0 nitrogen and oxygen atoms in total. The van der Waals surface area contributed by atoms with E-state index in [1.54, 1.807) is 12.1 Å². The normalized spacial score (nSPS) is 9.90. The zero-order chi connectivity index (χ0) is 7.56. The average molecular weight is 172 g/mol. The van der Waals surface area contributed by atoms with E-state index in [1.165, 1.54) is 6.07 Å². The lowest BCUT2D eigenvalue weighted by Crippen LogP contribution is -1.89. The Morgan fingerprint density at radius 3 is 2.70 bits per heavy atom. The Balaban J connectivity index is 3.14. The molecule has 3 heteroatoms. The van der Waals surface area contributed by atoms with E-state index >= 15 is 0 Å². The van der Waals surface area contributed by atoms with E-state index in [4.69, 9.17) is 11.6 Å². The van der Waals surface area contributed by atoms with E-state index in [0.29, 0.717) is 11.6 Å². The third kappa shape index (κ3) is 1.38. The van der Waals surface area contributed by atoms with Gasteiger partial charge in [-0.25, -0.2) is 4.39 Å². The Morgan fingerprint density at radius 2 is 2.20 bits per heavy atom. The highest BCUT2D eigenvalue weighted by Gasteiger charge is 2.02. The first kappa shape index (κ1) is 7.76. The van der Waals surface area contributed by atoms with Gasteiger partial charge in [-0.05, 0) is 17.7 Å². The molecule has 1 aromatic rings. The molecule has 0 amide bonds. The van der Waals surface area contributed by atoms with Gasteiger partial charge in [0.2, 0.25) is 0 Å². The van der Waals surface area contributed by atoms with E-state index in [1.807, 2.05) is 0 Å². The summed E-state index contributed by atoms with van der Waals surface area (Å²) in [6.07, 6.45) is 0. The van der Waals surface area contributed by atoms with Crippen molar-refractivity contribution >= 4 is 21.8 Å². The summed E-state index contributed by atoms with van der Waals surface area (Å²) in [5.41, 5.74) is 0.587. The van der Waals surface area contributed by atoms with Crippen LogP contribution in [0, 0.1) is 5.82 Å². The van der Waals surface area contributed by atoms with Gasteiger partial charge in [-0.1, -0.05) is 23.7 Å². The van der Waals surface area contributed by atoms with E-state index in [0.717, 1.165) is 0 Å². The van der Waals surface area contributed by atoms with E-state index < -0.39 is 0 Å². The van der Waals surface area contributed by atoms with Crippen molar-refractivity contribution in [2.75, 3.05) is 0 Å². The first-order chi connectivity index (χ1) is 4.75. The second-order valence-electron chi connectivity index (χ2n) is 1.89. The van der Waals surface area contributed by atoms with Gasteiger partial charge < -0.3 is 0 Å². The van der Waals surface area contributed by atoms with Crippen molar-refractivity contribution in [3.63, 3.8) is 0 Å². The SMILES string of the molecule is Fc1c(Cl)cccc1C[Si]. The number of hydrogen-bond donors (Lipinski definition) is 0. The van der Waals surface area contributed by atoms with Crippen LogP contribution >= 0.6 is 11.6 Å². The molecule has 0 fully saturated rings. The van der Waals surface area contributed by atoms with Crippen LogP contribution < -0.4 is 0 Å². The Hall–Kier alpha value is -0.343. The van der Waals surface area contributed by atoms with Crippen LogP contribution in [0.3, 0.4) is 0 Å². The van der Waals surface area contributed by atoms with Gasteiger partial charge in [0.05, 0.1) is 5.02 Å². The Morgan fingerprint density at radius 1 is 1.50 bits per heavy atom. The van der Waals surface area contributed by atoms with E-state index in [-0.39, 0.29) is 10.8 Å². The molecule has 10 heavy (non-hydrogen) atoms. The molecule has 51 valence electrons. The minimum absolute atomic E-state index is 0.177. The highest BCUT2D eigenvalue weighted by molar-refractivity contribution is 6.30. The second kappa shape index (κ2) is 3.17. The second-order valence-corrected chi connectivity index (χ2v) is 2.65. The third-order valence-corrected chi connectivity index (χ3v) is 1.89. The van der Waals surface area contributed by atoms with Crippen molar-refractivity contribution in [3.05, 3.63) is 34.6 Å². The molecule has 0 N–H and O–H groups in total. The van der Waals surface area contributed by atoms with Crippen molar-refractivity contribution in [1.82, 2.24) is 0 Å². The molecule has 0 unspecified atom stereocenters. The van der Waals surface area contributed by atoms with Crippen LogP contribution in [-0.2, 0) is 6.04 Å². The van der Waals surface area contributed by atoms with Crippen molar-refractivity contribution in [2.24, 2.45) is 0 Å². The fourth-order valence-corrected chi connectivity index (χ4v) is 1.15. The molecule has 0 aliphatic rings. The molecule has 0 spiro atoms. The molecular formula is C7H5ClFSi. The maximum Gasteiger partial charge on any atom is 0.144 e. The lowest BCUT2D eigenvalue weighted by atomic mass is 10.2. The van der Waals surface area contributed by atoms with Gasteiger partial charge in [-0.3, -0.25) is 0 Å². The molecule has 0 heterocycles. The molecule has 1 aromatic carbocycles. The number of halogens is 2. The fraction of sp³-hybridized carbons (Fsp3) is 0.143.